The number of rotatable bonds is 7. The lowest BCUT2D eigenvalue weighted by atomic mass is 10.1. The van der Waals surface area contributed by atoms with E-state index in [4.69, 9.17) is 0 Å². The highest BCUT2D eigenvalue weighted by Crippen LogP contribution is 2.17. The third kappa shape index (κ3) is 4.91. The van der Waals surface area contributed by atoms with Gasteiger partial charge in [0, 0.05) is 49.3 Å². The summed E-state index contributed by atoms with van der Waals surface area (Å²) in [4.78, 5) is 19.6. The van der Waals surface area contributed by atoms with E-state index in [0.717, 1.165) is 30.0 Å². The van der Waals surface area contributed by atoms with Crippen LogP contribution in [0.1, 0.15) is 28.4 Å². The molecule has 4 N–H and O–H groups in total. The summed E-state index contributed by atoms with van der Waals surface area (Å²) in [7, 11) is 1.76. The number of benzene rings is 2. The molecule has 0 aliphatic heterocycles. The van der Waals surface area contributed by atoms with Gasteiger partial charge >= 0.3 is 0 Å². The Morgan fingerprint density at radius 2 is 1.93 bits per heavy atom. The molecule has 0 aliphatic rings. The van der Waals surface area contributed by atoms with Gasteiger partial charge in [0.05, 0.1) is 0 Å². The Labute approximate surface area is 165 Å². The van der Waals surface area contributed by atoms with Crippen molar-refractivity contribution in [1.29, 1.82) is 0 Å². The summed E-state index contributed by atoms with van der Waals surface area (Å²) in [6.07, 6.45) is 2.97. The van der Waals surface area contributed by atoms with Crippen LogP contribution in [0.3, 0.4) is 0 Å². The van der Waals surface area contributed by atoms with Crippen LogP contribution in [-0.4, -0.2) is 37.0 Å². The van der Waals surface area contributed by atoms with Gasteiger partial charge < -0.3 is 20.9 Å². The summed E-state index contributed by atoms with van der Waals surface area (Å²) in [6.45, 7) is 3.91. The lowest BCUT2D eigenvalue weighted by Gasteiger charge is -2.12. The molecule has 1 amide bonds. The first-order chi connectivity index (χ1) is 13.7. The molecular weight excluding hydrogens is 350 g/mol. The molecule has 3 aromatic rings. The smallest absolute Gasteiger partial charge is 0.251 e. The van der Waals surface area contributed by atoms with E-state index >= 15 is 0 Å². The number of carbonyl (C=O) groups excluding carboxylic acids is 1. The minimum Gasteiger partial charge on any atom is -0.361 e. The molecule has 6 heteroatoms. The first-order valence-corrected chi connectivity index (χ1v) is 9.58. The highest BCUT2D eigenvalue weighted by Gasteiger charge is 2.06. The minimum atomic E-state index is -0.0504. The quantitative estimate of drug-likeness (QED) is 0.378. The fourth-order valence-electron chi connectivity index (χ4n) is 3.15. The molecule has 6 nitrogen and oxygen atoms in total. The van der Waals surface area contributed by atoms with E-state index in [2.05, 4.69) is 50.3 Å². The van der Waals surface area contributed by atoms with Crippen LogP contribution >= 0.6 is 0 Å². The second-order valence-corrected chi connectivity index (χ2v) is 6.52. The zero-order valence-electron chi connectivity index (χ0n) is 16.4. The molecule has 0 saturated heterocycles. The number of nitrogens with one attached hydrogen (secondary N) is 4. The monoisotopic (exact) mass is 377 g/mol. The Balaban J connectivity index is 1.51. The maximum absolute atomic E-state index is 12.0. The van der Waals surface area contributed by atoms with Crippen molar-refractivity contribution in [2.45, 2.75) is 19.9 Å². The molecular formula is C22H27N5O. The van der Waals surface area contributed by atoms with Crippen molar-refractivity contribution >= 4 is 22.8 Å². The molecule has 0 atom stereocenters. The number of H-pyrrole nitrogens is 1. The van der Waals surface area contributed by atoms with E-state index in [1.807, 2.05) is 37.3 Å². The summed E-state index contributed by atoms with van der Waals surface area (Å²) in [5.41, 5.74) is 4.15. The van der Waals surface area contributed by atoms with Crippen LogP contribution in [0, 0.1) is 0 Å². The molecule has 2 aromatic carbocycles. The van der Waals surface area contributed by atoms with Gasteiger partial charge in [-0.05, 0) is 42.7 Å². The third-order valence-corrected chi connectivity index (χ3v) is 4.57. The first-order valence-electron chi connectivity index (χ1n) is 9.58. The predicted molar refractivity (Wildman–Crippen MR) is 115 cm³/mol. The summed E-state index contributed by atoms with van der Waals surface area (Å²) < 4.78 is 0. The zero-order valence-corrected chi connectivity index (χ0v) is 16.4. The maximum Gasteiger partial charge on any atom is 0.251 e. The van der Waals surface area contributed by atoms with Crippen LogP contribution in [0.15, 0.2) is 59.7 Å². The fraction of sp³-hybridized carbons (Fsp3) is 0.273. The van der Waals surface area contributed by atoms with Crippen molar-refractivity contribution < 1.29 is 4.79 Å². The van der Waals surface area contributed by atoms with Crippen molar-refractivity contribution in [3.05, 3.63) is 71.4 Å². The van der Waals surface area contributed by atoms with Crippen LogP contribution in [0.25, 0.3) is 10.9 Å². The van der Waals surface area contributed by atoms with Crippen LogP contribution in [0.5, 0.6) is 0 Å². The molecule has 0 aliphatic carbocycles. The normalized spacial score (nSPS) is 11.4. The molecule has 146 valence electrons. The summed E-state index contributed by atoms with van der Waals surface area (Å²) in [5.74, 6) is 0.689. The number of para-hydroxylation sites is 1. The van der Waals surface area contributed by atoms with Crippen molar-refractivity contribution in [3.63, 3.8) is 0 Å². The molecule has 0 unspecified atom stereocenters. The van der Waals surface area contributed by atoms with E-state index in [-0.39, 0.29) is 5.91 Å². The first kappa shape index (κ1) is 19.5. The van der Waals surface area contributed by atoms with Gasteiger partial charge in [0.1, 0.15) is 0 Å². The number of guanidine groups is 1. The molecule has 0 radical (unpaired) electrons. The number of amides is 1. The Morgan fingerprint density at radius 1 is 1.07 bits per heavy atom. The maximum atomic E-state index is 12.0. The van der Waals surface area contributed by atoms with Gasteiger partial charge in [-0.25, -0.2) is 0 Å². The SMILES string of the molecule is CCNC(=O)c1cccc(CNC(=NC)NCCc2c[nH]c3ccccc23)c1. The number of nitrogens with zero attached hydrogens (tertiary/aromatic N) is 1. The Bertz CT molecular complexity index is 960. The second kappa shape index (κ2) is 9.60. The number of carbonyl (C=O) groups is 1. The highest BCUT2D eigenvalue weighted by molar-refractivity contribution is 5.94. The molecule has 1 heterocycles. The number of fused-ring (bicyclic) bond motifs is 1. The van der Waals surface area contributed by atoms with Crippen molar-refractivity contribution in [2.75, 3.05) is 20.1 Å². The molecule has 3 rings (SSSR count). The topological polar surface area (TPSA) is 81.3 Å². The molecule has 0 saturated carbocycles. The minimum absolute atomic E-state index is 0.0504. The van der Waals surface area contributed by atoms with Crippen molar-refractivity contribution in [1.82, 2.24) is 20.9 Å². The van der Waals surface area contributed by atoms with Gasteiger partial charge in [-0.3, -0.25) is 9.79 Å². The van der Waals surface area contributed by atoms with Gasteiger partial charge in [0.15, 0.2) is 5.96 Å². The van der Waals surface area contributed by atoms with Gasteiger partial charge in [0.2, 0.25) is 0 Å². The van der Waals surface area contributed by atoms with E-state index in [1.165, 1.54) is 10.9 Å². The van der Waals surface area contributed by atoms with Crippen LogP contribution in [0.4, 0.5) is 0 Å². The number of hydrogen-bond donors (Lipinski definition) is 4. The predicted octanol–water partition coefficient (Wildman–Crippen LogP) is 2.83. The van der Waals surface area contributed by atoms with Gasteiger partial charge in [-0.15, -0.1) is 0 Å². The lowest BCUT2D eigenvalue weighted by Crippen LogP contribution is -2.37. The molecule has 0 bridgehead atoms. The summed E-state index contributed by atoms with van der Waals surface area (Å²) in [5, 5.41) is 10.7. The van der Waals surface area contributed by atoms with Gasteiger partial charge in [0.25, 0.3) is 5.91 Å². The van der Waals surface area contributed by atoms with Crippen LogP contribution in [0.2, 0.25) is 0 Å². The number of aromatic nitrogens is 1. The second-order valence-electron chi connectivity index (χ2n) is 6.52. The van der Waals surface area contributed by atoms with E-state index in [0.29, 0.717) is 18.7 Å². The lowest BCUT2D eigenvalue weighted by molar-refractivity contribution is 0.0955. The Hall–Kier alpha value is -3.28. The van der Waals surface area contributed by atoms with Crippen molar-refractivity contribution in [3.8, 4) is 0 Å². The summed E-state index contributed by atoms with van der Waals surface area (Å²) >= 11 is 0. The average Bonchev–Trinajstić information content (AvgIpc) is 3.14. The number of aromatic amines is 1. The van der Waals surface area contributed by atoms with Gasteiger partial charge in [-0.2, -0.15) is 0 Å². The van der Waals surface area contributed by atoms with Crippen LogP contribution in [-0.2, 0) is 13.0 Å². The Kier molecular flexibility index (Phi) is 6.68. The van der Waals surface area contributed by atoms with Crippen molar-refractivity contribution in [2.24, 2.45) is 4.99 Å². The van der Waals surface area contributed by atoms with Gasteiger partial charge in [-0.1, -0.05) is 30.3 Å². The van der Waals surface area contributed by atoms with E-state index < -0.39 is 0 Å². The standard InChI is InChI=1S/C22H27N5O/c1-3-24-21(28)17-8-6-7-16(13-17)14-27-22(23-2)25-12-11-18-15-26-20-10-5-4-9-19(18)20/h4-10,13,15,26H,3,11-12,14H2,1-2H3,(H,24,28)(H2,23,25,27). The van der Waals surface area contributed by atoms with E-state index in [9.17, 15) is 4.79 Å². The number of hydrogen-bond acceptors (Lipinski definition) is 2. The molecule has 28 heavy (non-hydrogen) atoms. The zero-order chi connectivity index (χ0) is 19.8. The summed E-state index contributed by atoms with van der Waals surface area (Å²) in [6, 6.07) is 15.9. The van der Waals surface area contributed by atoms with E-state index in [1.54, 1.807) is 7.05 Å². The molecule has 1 aromatic heterocycles. The Morgan fingerprint density at radius 3 is 2.75 bits per heavy atom. The third-order valence-electron chi connectivity index (χ3n) is 4.57. The largest absolute Gasteiger partial charge is 0.361 e. The number of aliphatic imine (C=N–C) groups is 1. The molecule has 0 spiro atoms. The average molecular weight is 377 g/mol. The highest BCUT2D eigenvalue weighted by atomic mass is 16.1. The molecule has 0 fully saturated rings. The van der Waals surface area contributed by atoms with Crippen LogP contribution < -0.4 is 16.0 Å². The fourth-order valence-corrected chi connectivity index (χ4v) is 3.15.